The molecule has 4 N–H and O–H groups in total. The molecule has 3 amide bonds. The van der Waals surface area contributed by atoms with E-state index in [2.05, 4.69) is 5.32 Å². The van der Waals surface area contributed by atoms with Gasteiger partial charge in [-0.25, -0.2) is 4.79 Å². The van der Waals surface area contributed by atoms with Crippen LogP contribution in [0, 0.1) is 17.8 Å². The maximum Gasteiger partial charge on any atom is 0.312 e. The first kappa shape index (κ1) is 15.6. The normalized spacial score (nSPS) is 29.1. The lowest BCUT2D eigenvalue weighted by molar-refractivity contribution is -0.149. The Morgan fingerprint density at radius 1 is 1.14 bits per heavy atom. The largest absolute Gasteiger partial charge is 0.481 e. The van der Waals surface area contributed by atoms with Crippen molar-refractivity contribution in [1.82, 2.24) is 10.2 Å². The van der Waals surface area contributed by atoms with Gasteiger partial charge in [0.1, 0.15) is 0 Å². The molecule has 1 aliphatic carbocycles. The monoisotopic (exact) mass is 297 g/mol. The van der Waals surface area contributed by atoms with Crippen molar-refractivity contribution >= 4 is 17.9 Å². The van der Waals surface area contributed by atoms with E-state index in [9.17, 15) is 19.5 Å². The molecule has 0 bridgehead atoms. The van der Waals surface area contributed by atoms with Crippen molar-refractivity contribution in [2.45, 2.75) is 32.1 Å². The number of carboxylic acids is 1. The van der Waals surface area contributed by atoms with Crippen LogP contribution in [0.1, 0.15) is 32.1 Å². The van der Waals surface area contributed by atoms with Gasteiger partial charge in [-0.3, -0.25) is 9.59 Å². The average Bonchev–Trinajstić information content (AvgIpc) is 2.94. The molecule has 1 heterocycles. The lowest BCUT2D eigenvalue weighted by Crippen LogP contribution is -2.47. The van der Waals surface area contributed by atoms with Crippen LogP contribution in [0.5, 0.6) is 0 Å². The zero-order valence-electron chi connectivity index (χ0n) is 12.1. The number of piperidine rings is 1. The Balaban J connectivity index is 1.92. The summed E-state index contributed by atoms with van der Waals surface area (Å²) in [6.45, 7) is 1.71. The van der Waals surface area contributed by atoms with Gasteiger partial charge in [0, 0.05) is 19.6 Å². The molecule has 1 saturated heterocycles. The molecule has 2 aliphatic rings. The molecule has 7 nitrogen and oxygen atoms in total. The minimum Gasteiger partial charge on any atom is -0.481 e. The Labute approximate surface area is 123 Å². The number of nitrogens with two attached hydrogens (primary N) is 1. The average molecular weight is 297 g/mol. The third kappa shape index (κ3) is 3.86. The number of likely N-dealkylation sites (tertiary alicyclic amines) is 1. The fourth-order valence-electron chi connectivity index (χ4n) is 3.46. The summed E-state index contributed by atoms with van der Waals surface area (Å²) < 4.78 is 0. The smallest absolute Gasteiger partial charge is 0.312 e. The summed E-state index contributed by atoms with van der Waals surface area (Å²) >= 11 is 0. The first-order chi connectivity index (χ1) is 9.99. The second-order valence-corrected chi connectivity index (χ2v) is 6.02. The Hall–Kier alpha value is -1.79. The van der Waals surface area contributed by atoms with E-state index >= 15 is 0 Å². The molecule has 0 aromatic rings. The summed E-state index contributed by atoms with van der Waals surface area (Å²) in [4.78, 5) is 36.3. The standard InChI is InChI=1S/C14H23N3O4/c15-14(21)16-7-9-3-2-6-17(8-9)12(18)10-4-1-5-11(10)13(19)20/h9-11H,1-8H2,(H,19,20)(H3,15,16,21)/t9?,10-,11+/m1/s1. The molecule has 21 heavy (non-hydrogen) atoms. The van der Waals surface area contributed by atoms with Gasteiger partial charge in [0.15, 0.2) is 0 Å². The quantitative estimate of drug-likeness (QED) is 0.696. The third-order valence-corrected chi connectivity index (χ3v) is 4.55. The number of nitrogens with one attached hydrogen (secondary N) is 1. The van der Waals surface area contributed by atoms with Crippen molar-refractivity contribution in [3.8, 4) is 0 Å². The summed E-state index contributed by atoms with van der Waals surface area (Å²) in [6, 6.07) is -0.555. The van der Waals surface area contributed by atoms with E-state index in [0.717, 1.165) is 19.3 Å². The SMILES string of the molecule is NC(=O)NCC1CCCN(C(=O)[C@@H]2CCC[C@@H]2C(=O)O)C1. The van der Waals surface area contributed by atoms with Gasteiger partial charge in [-0.2, -0.15) is 0 Å². The summed E-state index contributed by atoms with van der Waals surface area (Å²) in [5.74, 6) is -1.63. The fourth-order valence-corrected chi connectivity index (χ4v) is 3.46. The first-order valence-electron chi connectivity index (χ1n) is 7.54. The third-order valence-electron chi connectivity index (χ3n) is 4.55. The number of primary amides is 1. The van der Waals surface area contributed by atoms with Gasteiger partial charge in [-0.1, -0.05) is 6.42 Å². The number of hydrogen-bond donors (Lipinski definition) is 3. The molecule has 1 aliphatic heterocycles. The van der Waals surface area contributed by atoms with E-state index in [1.807, 2.05) is 0 Å². The van der Waals surface area contributed by atoms with Crippen LogP contribution in [0.25, 0.3) is 0 Å². The highest BCUT2D eigenvalue weighted by Crippen LogP contribution is 2.34. The molecule has 2 rings (SSSR count). The lowest BCUT2D eigenvalue weighted by atomic mass is 9.92. The van der Waals surface area contributed by atoms with Crippen molar-refractivity contribution in [2.75, 3.05) is 19.6 Å². The summed E-state index contributed by atoms with van der Waals surface area (Å²) in [7, 11) is 0. The van der Waals surface area contributed by atoms with Crippen LogP contribution < -0.4 is 11.1 Å². The van der Waals surface area contributed by atoms with E-state index < -0.39 is 17.9 Å². The van der Waals surface area contributed by atoms with E-state index in [0.29, 0.717) is 32.5 Å². The first-order valence-corrected chi connectivity index (χ1v) is 7.54. The number of urea groups is 1. The molecule has 7 heteroatoms. The molecule has 0 aromatic heterocycles. The maximum absolute atomic E-state index is 12.5. The molecule has 0 aromatic carbocycles. The van der Waals surface area contributed by atoms with Crippen LogP contribution in [0.3, 0.4) is 0 Å². The number of aliphatic carboxylic acids is 1. The van der Waals surface area contributed by atoms with Crippen molar-refractivity contribution in [3.05, 3.63) is 0 Å². The second-order valence-electron chi connectivity index (χ2n) is 6.02. The van der Waals surface area contributed by atoms with E-state index in [1.165, 1.54) is 0 Å². The van der Waals surface area contributed by atoms with Crippen LogP contribution in [0.4, 0.5) is 4.79 Å². The summed E-state index contributed by atoms with van der Waals surface area (Å²) in [5.41, 5.74) is 5.06. The molecule has 118 valence electrons. The van der Waals surface area contributed by atoms with Crippen LogP contribution in [-0.4, -0.2) is 47.5 Å². The molecule has 1 unspecified atom stereocenters. The molecular weight excluding hydrogens is 274 g/mol. The molecule has 2 fully saturated rings. The highest BCUT2D eigenvalue weighted by Gasteiger charge is 2.40. The van der Waals surface area contributed by atoms with Crippen molar-refractivity contribution in [3.63, 3.8) is 0 Å². The topological polar surface area (TPSA) is 113 Å². The molecule has 1 saturated carbocycles. The number of nitrogens with zero attached hydrogens (tertiary/aromatic N) is 1. The molecule has 0 radical (unpaired) electrons. The summed E-state index contributed by atoms with van der Waals surface area (Å²) in [6.07, 6.45) is 3.87. The van der Waals surface area contributed by atoms with E-state index in [-0.39, 0.29) is 17.7 Å². The van der Waals surface area contributed by atoms with E-state index in [1.54, 1.807) is 4.90 Å². The van der Waals surface area contributed by atoms with Crippen LogP contribution in [0.15, 0.2) is 0 Å². The van der Waals surface area contributed by atoms with Crippen molar-refractivity contribution < 1.29 is 19.5 Å². The zero-order chi connectivity index (χ0) is 15.4. The minimum absolute atomic E-state index is 0.0383. The number of carboxylic acid groups (broad SMARTS) is 1. The van der Waals surface area contributed by atoms with Gasteiger partial charge in [0.2, 0.25) is 5.91 Å². The Kier molecular flexibility index (Phi) is 5.03. The Bertz CT molecular complexity index is 426. The van der Waals surface area contributed by atoms with Crippen molar-refractivity contribution in [2.24, 2.45) is 23.5 Å². The number of carbonyl (C=O) groups is 3. The fraction of sp³-hybridized carbons (Fsp3) is 0.786. The number of amides is 3. The van der Waals surface area contributed by atoms with Crippen LogP contribution >= 0.6 is 0 Å². The van der Waals surface area contributed by atoms with Crippen molar-refractivity contribution in [1.29, 1.82) is 0 Å². The van der Waals surface area contributed by atoms with Crippen LogP contribution in [0.2, 0.25) is 0 Å². The number of carbonyl (C=O) groups excluding carboxylic acids is 2. The predicted octanol–water partition coefficient (Wildman–Crippen LogP) is 0.394. The lowest BCUT2D eigenvalue weighted by Gasteiger charge is -2.35. The zero-order valence-corrected chi connectivity index (χ0v) is 12.1. The Morgan fingerprint density at radius 3 is 2.52 bits per heavy atom. The molecule has 0 spiro atoms. The number of rotatable bonds is 4. The second kappa shape index (κ2) is 6.78. The van der Waals surface area contributed by atoms with Gasteiger partial charge < -0.3 is 21.1 Å². The Morgan fingerprint density at radius 2 is 1.86 bits per heavy atom. The minimum atomic E-state index is -0.866. The maximum atomic E-state index is 12.5. The summed E-state index contributed by atoms with van der Waals surface area (Å²) in [5, 5.41) is 11.8. The number of hydrogen-bond acceptors (Lipinski definition) is 3. The van der Waals surface area contributed by atoms with Crippen LogP contribution in [-0.2, 0) is 9.59 Å². The van der Waals surface area contributed by atoms with Gasteiger partial charge >= 0.3 is 12.0 Å². The van der Waals surface area contributed by atoms with Gasteiger partial charge in [0.25, 0.3) is 0 Å². The molecule has 3 atom stereocenters. The van der Waals surface area contributed by atoms with E-state index in [4.69, 9.17) is 5.73 Å². The van der Waals surface area contributed by atoms with Gasteiger partial charge in [-0.15, -0.1) is 0 Å². The highest BCUT2D eigenvalue weighted by atomic mass is 16.4. The van der Waals surface area contributed by atoms with Gasteiger partial charge in [0.05, 0.1) is 11.8 Å². The van der Waals surface area contributed by atoms with Gasteiger partial charge in [-0.05, 0) is 31.6 Å². The molecular formula is C14H23N3O4. The highest BCUT2D eigenvalue weighted by molar-refractivity contribution is 5.85. The predicted molar refractivity (Wildman–Crippen MR) is 75.4 cm³/mol.